The largest absolute Gasteiger partial charge is 0.456 e. The minimum absolute atomic E-state index is 0.0480. The van der Waals surface area contributed by atoms with Crippen molar-refractivity contribution < 1.29 is 77.2 Å². The molecule has 1 aromatic rings. The van der Waals surface area contributed by atoms with Gasteiger partial charge in [-0.1, -0.05) is 106 Å². The molecule has 1 heterocycles. The highest BCUT2D eigenvalue weighted by atomic mass is 16.6. The van der Waals surface area contributed by atoms with E-state index in [-0.39, 0.29) is 37.6 Å². The molecule has 1 aromatic carbocycles. The summed E-state index contributed by atoms with van der Waals surface area (Å²) in [6.07, 6.45) is -0.915. The van der Waals surface area contributed by atoms with Crippen LogP contribution in [0.15, 0.2) is 30.3 Å². The summed E-state index contributed by atoms with van der Waals surface area (Å²) in [7, 11) is 5.27. The zero-order valence-electron chi connectivity index (χ0n) is 54.0. The van der Waals surface area contributed by atoms with Crippen LogP contribution >= 0.6 is 0 Å². The molecule has 480 valence electrons. The average Bonchev–Trinajstić information content (AvgIpc) is 3.92. The molecule has 8 amide bonds. The van der Waals surface area contributed by atoms with Gasteiger partial charge in [0.15, 0.2) is 24.5 Å². The first-order chi connectivity index (χ1) is 39.3. The van der Waals surface area contributed by atoms with Crippen molar-refractivity contribution in [1.82, 2.24) is 40.4 Å². The molecule has 0 spiro atoms. The Balaban J connectivity index is 2.39. The molecule has 0 radical (unpaired) electrons. The highest BCUT2D eigenvalue weighted by Gasteiger charge is 2.47. The van der Waals surface area contributed by atoms with E-state index in [1.807, 2.05) is 20.8 Å². The van der Waals surface area contributed by atoms with Gasteiger partial charge < -0.3 is 64.9 Å². The van der Waals surface area contributed by atoms with Crippen molar-refractivity contribution in [2.24, 2.45) is 29.6 Å². The number of likely N-dealkylation sites (tertiary alicyclic amines) is 1. The number of amides is 8. The highest BCUT2D eigenvalue weighted by molar-refractivity contribution is 5.99. The lowest BCUT2D eigenvalue weighted by atomic mass is 9.93. The molecule has 2 rings (SSSR count). The molecule has 24 nitrogen and oxygen atoms in total. The second-order valence-electron chi connectivity index (χ2n) is 25.2. The molecule has 0 saturated carbocycles. The van der Waals surface area contributed by atoms with Gasteiger partial charge in [-0.15, -0.1) is 0 Å². The Morgan fingerprint density at radius 3 is 1.65 bits per heavy atom. The highest BCUT2D eigenvalue weighted by Crippen LogP contribution is 2.26. The Kier molecular flexibility index (Phi) is 28.6. The molecule has 0 aromatic heterocycles. The lowest BCUT2D eigenvalue weighted by Crippen LogP contribution is -2.63. The number of aliphatic hydroxyl groups excluding tert-OH is 1. The van der Waals surface area contributed by atoms with E-state index >= 15 is 0 Å². The first-order valence-corrected chi connectivity index (χ1v) is 29.6. The van der Waals surface area contributed by atoms with Crippen molar-refractivity contribution in [2.45, 2.75) is 209 Å². The molecule has 11 atom stereocenters. The van der Waals surface area contributed by atoms with Crippen LogP contribution < -0.4 is 16.0 Å². The van der Waals surface area contributed by atoms with E-state index in [2.05, 4.69) is 16.0 Å². The van der Waals surface area contributed by atoms with Gasteiger partial charge in [-0.3, -0.25) is 38.4 Å². The number of aliphatic hydroxyl groups is 2. The van der Waals surface area contributed by atoms with Crippen molar-refractivity contribution >= 4 is 65.2 Å². The molecule has 85 heavy (non-hydrogen) atoms. The maximum atomic E-state index is 14.7. The predicted octanol–water partition coefficient (Wildman–Crippen LogP) is 3.72. The molecule has 24 heteroatoms. The third-order valence-electron chi connectivity index (χ3n) is 15.4. The Morgan fingerprint density at radius 2 is 1.18 bits per heavy atom. The van der Waals surface area contributed by atoms with Crippen LogP contribution in [0.5, 0.6) is 0 Å². The van der Waals surface area contributed by atoms with Gasteiger partial charge in [0.05, 0.1) is 12.2 Å². The summed E-state index contributed by atoms with van der Waals surface area (Å²) in [4.78, 5) is 159. The molecular weight excluding hydrogens is 1100 g/mol. The molecule has 1 aliphatic rings. The van der Waals surface area contributed by atoms with Crippen LogP contribution in [0.25, 0.3) is 0 Å². The second-order valence-corrected chi connectivity index (χ2v) is 25.2. The molecule has 1 aliphatic heterocycles. The minimum atomic E-state index is -2.03. The number of nitrogens with zero attached hydrogens (tertiary/aromatic N) is 5. The SMILES string of the molecule is CCC(C)[C@@H](OC(=O)[C@@H](N(C)C(=O)[C@H](CC(C)C)NC(=O)[C@H](C(C)C)N(C)C(=O)[C@@H](NC(=O)OC(C)(C)C)[C@H](C)CC)C(C)(C)O)C(=O)N(C)[C@H](C(=O)N[C@@H](CO)C(=O)N(C)[C@H](C)C(=O)N1CCC[C@H]1C(=O)OCC(=O)c1ccccc1)C(C)C. The zero-order chi connectivity index (χ0) is 65.3. The number of likely N-dealkylation sites (N-methyl/N-ethyl adjacent to an activating group) is 4. The number of carbonyl (C=O) groups is 11. The number of ether oxygens (including phenoxy) is 3. The average molecular weight is 1200 g/mol. The first-order valence-electron chi connectivity index (χ1n) is 29.6. The first kappa shape index (κ1) is 74.4. The van der Waals surface area contributed by atoms with Crippen LogP contribution in [0.3, 0.4) is 0 Å². The molecular formula is C61H100N8O16. The summed E-state index contributed by atoms with van der Waals surface area (Å²) in [5.74, 6) is -10.2. The monoisotopic (exact) mass is 1200 g/mol. The number of esters is 2. The summed E-state index contributed by atoms with van der Waals surface area (Å²) in [5, 5.41) is 30.1. The Hall–Kier alpha value is -6.69. The van der Waals surface area contributed by atoms with Crippen LogP contribution in [0, 0.1) is 29.6 Å². The number of rotatable bonds is 30. The van der Waals surface area contributed by atoms with E-state index in [9.17, 15) is 63.0 Å². The Labute approximate surface area is 503 Å². The second kappa shape index (κ2) is 32.7. The molecule has 1 unspecified atom stereocenters. The van der Waals surface area contributed by atoms with Crippen molar-refractivity contribution in [3.8, 4) is 0 Å². The fourth-order valence-electron chi connectivity index (χ4n) is 10.2. The number of nitrogens with one attached hydrogen (secondary N) is 3. The third kappa shape index (κ3) is 20.8. The number of Topliss-reactive ketones (excluding diaryl/α,β-unsaturated/α-hetero) is 1. The standard InChI is InChI=1S/C61H100N8O16/c1-21-37(9)45(64-59(81)85-60(12,13)14)55(77)66(18)46(35(5)6)50(72)62-41(31-34(3)4)53(75)68(20)49(61(15,16)82)58(80)84-48(38(10)22-2)56(78)67(19)47(36(7)8)51(73)63-42(32-70)54(76)65(17)39(11)52(74)69-30-26-29-43(69)57(79)83-33-44(71)40-27-24-23-25-28-40/h23-25,27-28,34-39,41-43,45-49,70,82H,21-22,26,29-33H2,1-20H3,(H,62,72)(H,63,73)(H,64,81)/t37-,38?,39-,41+,42+,43+,45+,46+,47+,48-,49-/m1/s1. The van der Waals surface area contributed by atoms with Gasteiger partial charge in [0, 0.05) is 46.2 Å². The van der Waals surface area contributed by atoms with Crippen LogP contribution in [0.1, 0.15) is 153 Å². The molecule has 1 saturated heterocycles. The topological polar surface area (TPSA) is 308 Å². The normalized spacial score (nSPS) is 17.1. The van der Waals surface area contributed by atoms with E-state index < -0.39 is 162 Å². The Bertz CT molecular complexity index is 2480. The number of ketones is 1. The number of hydrogen-bond acceptors (Lipinski definition) is 16. The van der Waals surface area contributed by atoms with Crippen LogP contribution in [-0.4, -0.2) is 213 Å². The van der Waals surface area contributed by atoms with Gasteiger partial charge >= 0.3 is 18.0 Å². The third-order valence-corrected chi connectivity index (χ3v) is 15.4. The fraction of sp³-hybridized carbons (Fsp3) is 0.721. The van der Waals surface area contributed by atoms with Crippen LogP contribution in [-0.2, 0) is 57.4 Å². The van der Waals surface area contributed by atoms with E-state index in [4.69, 9.17) is 14.2 Å². The smallest absolute Gasteiger partial charge is 0.408 e. The number of benzene rings is 1. The van der Waals surface area contributed by atoms with Gasteiger partial charge in [0.1, 0.15) is 47.9 Å². The minimum Gasteiger partial charge on any atom is -0.456 e. The van der Waals surface area contributed by atoms with Gasteiger partial charge in [-0.05, 0) is 90.9 Å². The number of carbonyl (C=O) groups excluding carboxylic acids is 11. The lowest BCUT2D eigenvalue weighted by Gasteiger charge is -2.39. The number of hydrogen-bond donors (Lipinski definition) is 5. The zero-order valence-corrected chi connectivity index (χ0v) is 54.0. The van der Waals surface area contributed by atoms with E-state index in [0.29, 0.717) is 18.4 Å². The summed E-state index contributed by atoms with van der Waals surface area (Å²) in [6.45, 7) is 25.0. The van der Waals surface area contributed by atoms with Gasteiger partial charge in [-0.25, -0.2) is 14.4 Å². The molecule has 0 aliphatic carbocycles. The van der Waals surface area contributed by atoms with Crippen molar-refractivity contribution in [3.05, 3.63) is 35.9 Å². The summed E-state index contributed by atoms with van der Waals surface area (Å²) in [5.41, 5.74) is -2.54. The quantitative estimate of drug-likeness (QED) is 0.0417. The van der Waals surface area contributed by atoms with E-state index in [1.54, 1.807) is 99.6 Å². The summed E-state index contributed by atoms with van der Waals surface area (Å²) < 4.78 is 16.7. The maximum Gasteiger partial charge on any atom is 0.408 e. The van der Waals surface area contributed by atoms with Gasteiger partial charge in [0.2, 0.25) is 35.4 Å². The summed E-state index contributed by atoms with van der Waals surface area (Å²) >= 11 is 0. The van der Waals surface area contributed by atoms with Crippen LogP contribution in [0.4, 0.5) is 4.79 Å². The van der Waals surface area contributed by atoms with Crippen molar-refractivity contribution in [1.29, 1.82) is 0 Å². The van der Waals surface area contributed by atoms with E-state index in [1.165, 1.54) is 58.8 Å². The van der Waals surface area contributed by atoms with Crippen molar-refractivity contribution in [3.63, 3.8) is 0 Å². The maximum absolute atomic E-state index is 14.7. The lowest BCUT2D eigenvalue weighted by molar-refractivity contribution is -0.177. The van der Waals surface area contributed by atoms with Gasteiger partial charge in [-0.2, -0.15) is 0 Å². The predicted molar refractivity (Wildman–Crippen MR) is 317 cm³/mol. The molecule has 5 N–H and O–H groups in total. The van der Waals surface area contributed by atoms with Crippen LogP contribution in [0.2, 0.25) is 0 Å². The van der Waals surface area contributed by atoms with Crippen molar-refractivity contribution in [2.75, 3.05) is 47.9 Å². The number of alkyl carbamates (subject to hydrolysis) is 1. The molecule has 1 fully saturated rings. The Morgan fingerprint density at radius 1 is 0.671 bits per heavy atom. The fourth-order valence-corrected chi connectivity index (χ4v) is 10.2. The van der Waals surface area contributed by atoms with Gasteiger partial charge in [0.25, 0.3) is 5.91 Å². The summed E-state index contributed by atoms with van der Waals surface area (Å²) in [6, 6.07) is -2.29. The van der Waals surface area contributed by atoms with E-state index in [0.717, 1.165) is 14.7 Å². The molecule has 0 bridgehead atoms.